The Bertz CT molecular complexity index is 1100. The van der Waals surface area contributed by atoms with Crippen LogP contribution in [0.25, 0.3) is 33.2 Å². The molecule has 0 saturated carbocycles. The maximum Gasteiger partial charge on any atom is 0.212 e. The van der Waals surface area contributed by atoms with Crippen molar-refractivity contribution >= 4 is 37.9 Å². The quantitative estimate of drug-likeness (QED) is 0.415. The van der Waals surface area contributed by atoms with Crippen LogP contribution in [-0.2, 0) is 7.05 Å². The normalized spacial score (nSPS) is 11.3. The van der Waals surface area contributed by atoms with Crippen LogP contribution in [-0.4, -0.2) is 25.0 Å². The summed E-state index contributed by atoms with van der Waals surface area (Å²) in [7, 11) is 1.69. The Hall–Kier alpha value is -2.58. The lowest BCUT2D eigenvalue weighted by Gasteiger charge is -2.08. The Morgan fingerprint density at radius 3 is 2.88 bits per heavy atom. The number of fused-ring (bicyclic) bond motifs is 2. The van der Waals surface area contributed by atoms with E-state index in [1.807, 2.05) is 12.1 Å². The molecule has 6 nitrogen and oxygen atoms in total. The van der Waals surface area contributed by atoms with E-state index in [1.54, 1.807) is 25.4 Å². The van der Waals surface area contributed by atoms with Crippen LogP contribution in [0.2, 0.25) is 0 Å². The fraction of sp³-hybridized carbons (Fsp3) is 0.0625. The van der Waals surface area contributed by atoms with Gasteiger partial charge in [0.05, 0.1) is 28.5 Å². The summed E-state index contributed by atoms with van der Waals surface area (Å²) < 4.78 is 17.0. The van der Waals surface area contributed by atoms with Crippen LogP contribution in [0.4, 0.5) is 4.39 Å². The molecule has 2 heterocycles. The highest BCUT2D eigenvalue weighted by Crippen LogP contribution is 2.36. The van der Waals surface area contributed by atoms with Gasteiger partial charge >= 0.3 is 0 Å². The molecule has 0 radical (unpaired) electrons. The van der Waals surface area contributed by atoms with Crippen LogP contribution in [0.5, 0.6) is 5.75 Å². The molecule has 0 saturated heterocycles. The van der Waals surface area contributed by atoms with Crippen molar-refractivity contribution < 1.29 is 14.5 Å². The molecule has 1 N–H and O–H groups in total. The van der Waals surface area contributed by atoms with Gasteiger partial charge in [0.2, 0.25) is 5.75 Å². The highest BCUT2D eigenvalue weighted by Gasteiger charge is 2.20. The molecule has 0 amide bonds. The molecular formula is C16H10BrFN4O2. The standard InChI is InChI=1S/C16H10BrFN4O2/c1-22-7-8-4-10(16(24-23)14(18)15(8)21-22)13-6-19-12-5-9(17)2-3-11(12)20-13/h2-7,23H,1H3. The summed E-state index contributed by atoms with van der Waals surface area (Å²) in [6.07, 6.45) is 3.18. The van der Waals surface area contributed by atoms with E-state index in [1.165, 1.54) is 10.9 Å². The van der Waals surface area contributed by atoms with E-state index in [-0.39, 0.29) is 11.3 Å². The second kappa shape index (κ2) is 5.50. The Morgan fingerprint density at radius 1 is 1.25 bits per heavy atom. The summed E-state index contributed by atoms with van der Waals surface area (Å²) in [5.41, 5.74) is 2.14. The molecule has 2 aromatic heterocycles. The van der Waals surface area contributed by atoms with Gasteiger partial charge in [-0.25, -0.2) is 14.6 Å². The third-order valence-corrected chi connectivity index (χ3v) is 4.17. The minimum atomic E-state index is -0.747. The van der Waals surface area contributed by atoms with E-state index < -0.39 is 5.82 Å². The smallest absolute Gasteiger partial charge is 0.212 e. The second-order valence-electron chi connectivity index (χ2n) is 5.29. The zero-order valence-electron chi connectivity index (χ0n) is 12.4. The first kappa shape index (κ1) is 15.0. The molecular weight excluding hydrogens is 379 g/mol. The van der Waals surface area contributed by atoms with Crippen LogP contribution in [0.15, 0.2) is 41.1 Å². The Balaban J connectivity index is 1.99. The average Bonchev–Trinajstić information content (AvgIpc) is 2.95. The number of hydrogen-bond acceptors (Lipinski definition) is 5. The highest BCUT2D eigenvalue weighted by molar-refractivity contribution is 9.10. The Labute approximate surface area is 143 Å². The van der Waals surface area contributed by atoms with Gasteiger partial charge in [0.25, 0.3) is 0 Å². The van der Waals surface area contributed by atoms with Gasteiger partial charge in [-0.05, 0) is 24.3 Å². The lowest BCUT2D eigenvalue weighted by Crippen LogP contribution is -1.97. The molecule has 120 valence electrons. The Kier molecular flexibility index (Phi) is 3.43. The molecule has 0 aliphatic carbocycles. The van der Waals surface area contributed by atoms with Crippen molar-refractivity contribution in [3.63, 3.8) is 0 Å². The van der Waals surface area contributed by atoms with Gasteiger partial charge in [0, 0.05) is 23.1 Å². The fourth-order valence-corrected chi connectivity index (χ4v) is 2.97. The fourth-order valence-electron chi connectivity index (χ4n) is 2.62. The SMILES string of the molecule is Cn1cc2cc(-c3cnc4cc(Br)ccc4n3)c(OO)c(F)c2n1. The summed E-state index contributed by atoms with van der Waals surface area (Å²) >= 11 is 3.38. The monoisotopic (exact) mass is 388 g/mol. The molecule has 0 fully saturated rings. The van der Waals surface area contributed by atoms with E-state index in [0.717, 1.165) is 4.47 Å². The molecule has 24 heavy (non-hydrogen) atoms. The first-order valence-corrected chi connectivity index (χ1v) is 7.76. The van der Waals surface area contributed by atoms with Gasteiger partial charge in [-0.2, -0.15) is 5.10 Å². The van der Waals surface area contributed by atoms with E-state index >= 15 is 0 Å². The number of aromatic nitrogens is 4. The lowest BCUT2D eigenvalue weighted by molar-refractivity contribution is -0.139. The molecule has 0 spiro atoms. The third-order valence-electron chi connectivity index (χ3n) is 3.68. The summed E-state index contributed by atoms with van der Waals surface area (Å²) in [4.78, 5) is 13.1. The van der Waals surface area contributed by atoms with Gasteiger partial charge in [0.15, 0.2) is 5.82 Å². The zero-order valence-corrected chi connectivity index (χ0v) is 14.0. The summed E-state index contributed by atoms with van der Waals surface area (Å²) in [6.45, 7) is 0. The molecule has 2 aromatic carbocycles. The van der Waals surface area contributed by atoms with E-state index in [9.17, 15) is 4.39 Å². The van der Waals surface area contributed by atoms with Gasteiger partial charge in [-0.1, -0.05) is 15.9 Å². The highest BCUT2D eigenvalue weighted by atomic mass is 79.9. The van der Waals surface area contributed by atoms with Crippen LogP contribution >= 0.6 is 15.9 Å². The topological polar surface area (TPSA) is 73.1 Å². The van der Waals surface area contributed by atoms with Gasteiger partial charge in [-0.15, -0.1) is 0 Å². The van der Waals surface area contributed by atoms with Crippen LogP contribution in [0.3, 0.4) is 0 Å². The van der Waals surface area contributed by atoms with Crippen molar-refractivity contribution in [3.05, 3.63) is 46.9 Å². The van der Waals surface area contributed by atoms with E-state index in [0.29, 0.717) is 27.7 Å². The van der Waals surface area contributed by atoms with Crippen molar-refractivity contribution in [1.29, 1.82) is 0 Å². The Morgan fingerprint density at radius 2 is 2.08 bits per heavy atom. The predicted molar refractivity (Wildman–Crippen MR) is 90.2 cm³/mol. The minimum Gasteiger partial charge on any atom is -0.336 e. The predicted octanol–water partition coefficient (Wildman–Crippen LogP) is 3.94. The van der Waals surface area contributed by atoms with Crippen LogP contribution in [0, 0.1) is 5.82 Å². The van der Waals surface area contributed by atoms with Crippen LogP contribution in [0.1, 0.15) is 0 Å². The summed E-state index contributed by atoms with van der Waals surface area (Å²) in [5.74, 6) is -1.07. The number of rotatable bonds is 2. The maximum atomic E-state index is 14.6. The van der Waals surface area contributed by atoms with Crippen LogP contribution < -0.4 is 4.89 Å². The summed E-state index contributed by atoms with van der Waals surface area (Å²) in [6, 6.07) is 7.13. The van der Waals surface area contributed by atoms with Crippen molar-refractivity contribution in [2.45, 2.75) is 0 Å². The van der Waals surface area contributed by atoms with Crippen molar-refractivity contribution in [2.75, 3.05) is 0 Å². The number of aryl methyl sites for hydroxylation is 1. The third kappa shape index (κ3) is 2.31. The van der Waals surface area contributed by atoms with Crippen molar-refractivity contribution in [1.82, 2.24) is 19.7 Å². The van der Waals surface area contributed by atoms with Gasteiger partial charge < -0.3 is 4.89 Å². The first-order chi connectivity index (χ1) is 11.6. The van der Waals surface area contributed by atoms with E-state index in [4.69, 9.17) is 5.26 Å². The minimum absolute atomic E-state index is 0.114. The molecule has 4 rings (SSSR count). The lowest BCUT2D eigenvalue weighted by atomic mass is 10.1. The van der Waals surface area contributed by atoms with Gasteiger partial charge in [0.1, 0.15) is 5.52 Å². The number of nitrogens with zero attached hydrogens (tertiary/aromatic N) is 4. The van der Waals surface area contributed by atoms with Crippen molar-refractivity contribution in [2.24, 2.45) is 7.05 Å². The maximum absolute atomic E-state index is 14.6. The largest absolute Gasteiger partial charge is 0.336 e. The molecule has 8 heteroatoms. The molecule has 0 unspecified atom stereocenters. The average molecular weight is 389 g/mol. The molecule has 0 bridgehead atoms. The molecule has 0 aliphatic rings. The molecule has 0 atom stereocenters. The first-order valence-electron chi connectivity index (χ1n) is 6.97. The molecule has 4 aromatic rings. The number of benzene rings is 2. The zero-order chi connectivity index (χ0) is 16.8. The number of hydrogen-bond donors (Lipinski definition) is 1. The van der Waals surface area contributed by atoms with Crippen molar-refractivity contribution in [3.8, 4) is 17.0 Å². The summed E-state index contributed by atoms with van der Waals surface area (Å²) in [5, 5.41) is 13.7. The second-order valence-corrected chi connectivity index (χ2v) is 6.20. The number of halogens is 2. The van der Waals surface area contributed by atoms with E-state index in [2.05, 4.69) is 35.9 Å². The molecule has 0 aliphatic heterocycles. The van der Waals surface area contributed by atoms with Gasteiger partial charge in [-0.3, -0.25) is 9.67 Å².